The fourth-order valence-electron chi connectivity index (χ4n) is 1.27. The Morgan fingerprint density at radius 3 is 2.87 bits per heavy atom. The number of halogens is 1. The summed E-state index contributed by atoms with van der Waals surface area (Å²) in [6.07, 6.45) is 4.27. The quantitative estimate of drug-likeness (QED) is 0.699. The third kappa shape index (κ3) is 3.55. The van der Waals surface area contributed by atoms with E-state index in [-0.39, 0.29) is 0 Å². The highest BCUT2D eigenvalue weighted by molar-refractivity contribution is 6.17. The van der Waals surface area contributed by atoms with E-state index in [2.05, 4.69) is 21.8 Å². The van der Waals surface area contributed by atoms with Crippen LogP contribution in [0.4, 0.5) is 5.82 Å². The van der Waals surface area contributed by atoms with Crippen LogP contribution in [0, 0.1) is 0 Å². The van der Waals surface area contributed by atoms with Gasteiger partial charge in [0.05, 0.1) is 19.5 Å². The van der Waals surface area contributed by atoms with E-state index in [4.69, 9.17) is 16.3 Å². The zero-order chi connectivity index (χ0) is 11.1. The molecular formula is C10H16ClN3O. The number of nitrogens with zero attached hydrogens (tertiary/aromatic N) is 3. The summed E-state index contributed by atoms with van der Waals surface area (Å²) in [7, 11) is 1.59. The summed E-state index contributed by atoms with van der Waals surface area (Å²) >= 11 is 5.66. The number of methoxy groups -OCH3 is 1. The molecule has 0 spiro atoms. The van der Waals surface area contributed by atoms with Gasteiger partial charge < -0.3 is 9.64 Å². The first-order valence-electron chi connectivity index (χ1n) is 4.98. The molecule has 0 aliphatic carbocycles. The van der Waals surface area contributed by atoms with Crippen LogP contribution in [0.2, 0.25) is 0 Å². The molecule has 1 heterocycles. The predicted molar refractivity (Wildman–Crippen MR) is 61.8 cm³/mol. The van der Waals surface area contributed by atoms with Gasteiger partial charge in [-0.15, -0.1) is 11.6 Å². The molecule has 0 aliphatic heterocycles. The smallest absolute Gasteiger partial charge is 0.233 e. The number of hydrogen-bond donors (Lipinski definition) is 0. The topological polar surface area (TPSA) is 38.2 Å². The molecule has 0 amide bonds. The number of aromatic nitrogens is 2. The summed E-state index contributed by atoms with van der Waals surface area (Å²) in [5.41, 5.74) is 0. The molecule has 4 nitrogen and oxygen atoms in total. The van der Waals surface area contributed by atoms with Gasteiger partial charge in [0, 0.05) is 19.0 Å². The van der Waals surface area contributed by atoms with Crippen molar-refractivity contribution in [1.82, 2.24) is 9.97 Å². The van der Waals surface area contributed by atoms with Crippen molar-refractivity contribution >= 4 is 17.4 Å². The lowest BCUT2D eigenvalue weighted by Gasteiger charge is -2.21. The molecule has 0 aromatic carbocycles. The van der Waals surface area contributed by atoms with Gasteiger partial charge in [0.15, 0.2) is 5.82 Å². The van der Waals surface area contributed by atoms with Crippen LogP contribution in [0.25, 0.3) is 0 Å². The van der Waals surface area contributed by atoms with E-state index in [9.17, 15) is 0 Å². The molecule has 5 heteroatoms. The monoisotopic (exact) mass is 229 g/mol. The third-order valence-electron chi connectivity index (χ3n) is 2.08. The van der Waals surface area contributed by atoms with Crippen molar-refractivity contribution in [2.24, 2.45) is 0 Å². The Hall–Kier alpha value is -1.03. The lowest BCUT2D eigenvalue weighted by atomic mass is 10.4. The maximum Gasteiger partial charge on any atom is 0.233 e. The van der Waals surface area contributed by atoms with Crippen LogP contribution in [0.15, 0.2) is 12.4 Å². The lowest BCUT2D eigenvalue weighted by molar-refractivity contribution is 0.395. The fourth-order valence-corrected chi connectivity index (χ4v) is 1.39. The molecule has 0 unspecified atom stereocenters. The summed E-state index contributed by atoms with van der Waals surface area (Å²) in [5, 5.41) is 0. The second kappa shape index (κ2) is 6.45. The van der Waals surface area contributed by atoms with Crippen molar-refractivity contribution in [3.63, 3.8) is 0 Å². The molecule has 84 valence electrons. The third-order valence-corrected chi connectivity index (χ3v) is 2.34. The molecule has 0 fully saturated rings. The van der Waals surface area contributed by atoms with Gasteiger partial charge in [-0.1, -0.05) is 0 Å². The first-order chi connectivity index (χ1) is 7.31. The van der Waals surface area contributed by atoms with E-state index >= 15 is 0 Å². The molecule has 0 saturated heterocycles. The summed E-state index contributed by atoms with van der Waals surface area (Å²) < 4.78 is 5.03. The number of hydrogen-bond acceptors (Lipinski definition) is 4. The fraction of sp³-hybridized carbons (Fsp3) is 0.600. The van der Waals surface area contributed by atoms with Crippen molar-refractivity contribution < 1.29 is 4.74 Å². The van der Waals surface area contributed by atoms with Gasteiger partial charge in [-0.05, 0) is 13.3 Å². The van der Waals surface area contributed by atoms with Crippen molar-refractivity contribution in [2.75, 3.05) is 31.0 Å². The van der Waals surface area contributed by atoms with Gasteiger partial charge in [0.2, 0.25) is 5.88 Å². The molecule has 0 saturated carbocycles. The SMILES string of the molecule is CCN(CCCCl)c1cncc(OC)n1. The first kappa shape index (κ1) is 12.0. The zero-order valence-electron chi connectivity index (χ0n) is 9.11. The van der Waals surface area contributed by atoms with Gasteiger partial charge in [-0.3, -0.25) is 4.98 Å². The van der Waals surface area contributed by atoms with Crippen LogP contribution in [0.5, 0.6) is 5.88 Å². The van der Waals surface area contributed by atoms with Gasteiger partial charge in [-0.25, -0.2) is 0 Å². The minimum absolute atomic E-state index is 0.539. The van der Waals surface area contributed by atoms with Gasteiger partial charge in [0.25, 0.3) is 0 Å². The number of rotatable bonds is 6. The van der Waals surface area contributed by atoms with E-state index in [1.165, 1.54) is 0 Å². The molecule has 1 rings (SSSR count). The van der Waals surface area contributed by atoms with E-state index in [0.717, 1.165) is 25.3 Å². The Morgan fingerprint density at radius 1 is 1.47 bits per heavy atom. The van der Waals surface area contributed by atoms with Crippen LogP contribution >= 0.6 is 11.6 Å². The molecule has 0 aliphatic rings. The van der Waals surface area contributed by atoms with E-state index in [1.807, 2.05) is 0 Å². The van der Waals surface area contributed by atoms with Gasteiger partial charge in [-0.2, -0.15) is 4.98 Å². The van der Waals surface area contributed by atoms with E-state index in [0.29, 0.717) is 11.8 Å². The molecule has 0 N–H and O–H groups in total. The van der Waals surface area contributed by atoms with E-state index in [1.54, 1.807) is 19.5 Å². The highest BCUT2D eigenvalue weighted by Crippen LogP contribution is 2.13. The number of ether oxygens (including phenoxy) is 1. The highest BCUT2D eigenvalue weighted by atomic mass is 35.5. The predicted octanol–water partition coefficient (Wildman–Crippen LogP) is 1.94. The minimum Gasteiger partial charge on any atom is -0.480 e. The zero-order valence-corrected chi connectivity index (χ0v) is 9.87. The molecule has 0 atom stereocenters. The number of anilines is 1. The van der Waals surface area contributed by atoms with E-state index < -0.39 is 0 Å². The Morgan fingerprint density at radius 2 is 2.27 bits per heavy atom. The van der Waals surface area contributed by atoms with Crippen LogP contribution in [-0.4, -0.2) is 36.0 Å². The maximum absolute atomic E-state index is 5.66. The van der Waals surface area contributed by atoms with Crippen LogP contribution in [0.3, 0.4) is 0 Å². The average Bonchev–Trinajstić information content (AvgIpc) is 2.30. The molecule has 0 radical (unpaired) electrons. The standard InChI is InChI=1S/C10H16ClN3O/c1-3-14(6-4-5-11)9-7-12-8-10(13-9)15-2/h7-8H,3-6H2,1-2H3. The average molecular weight is 230 g/mol. The van der Waals surface area contributed by atoms with Crippen molar-refractivity contribution in [2.45, 2.75) is 13.3 Å². The second-order valence-corrected chi connectivity index (χ2v) is 3.42. The second-order valence-electron chi connectivity index (χ2n) is 3.04. The van der Waals surface area contributed by atoms with Crippen LogP contribution in [0.1, 0.15) is 13.3 Å². The van der Waals surface area contributed by atoms with Crippen molar-refractivity contribution in [3.05, 3.63) is 12.4 Å². The van der Waals surface area contributed by atoms with Crippen molar-refractivity contribution in [3.8, 4) is 5.88 Å². The largest absolute Gasteiger partial charge is 0.480 e. The van der Waals surface area contributed by atoms with Gasteiger partial charge in [0.1, 0.15) is 0 Å². The molecule has 0 bridgehead atoms. The Balaban J connectivity index is 2.72. The minimum atomic E-state index is 0.539. The lowest BCUT2D eigenvalue weighted by Crippen LogP contribution is -2.25. The Kier molecular flexibility index (Phi) is 5.18. The molecule has 15 heavy (non-hydrogen) atoms. The normalized spacial score (nSPS) is 10.1. The number of alkyl halides is 1. The molecular weight excluding hydrogens is 214 g/mol. The molecule has 1 aromatic heterocycles. The van der Waals surface area contributed by atoms with Crippen LogP contribution in [-0.2, 0) is 0 Å². The highest BCUT2D eigenvalue weighted by Gasteiger charge is 2.06. The Bertz CT molecular complexity index is 296. The maximum atomic E-state index is 5.66. The van der Waals surface area contributed by atoms with Crippen LogP contribution < -0.4 is 9.64 Å². The van der Waals surface area contributed by atoms with Gasteiger partial charge >= 0.3 is 0 Å². The molecule has 1 aromatic rings. The Labute approximate surface area is 95.2 Å². The summed E-state index contributed by atoms with van der Waals surface area (Å²) in [4.78, 5) is 10.5. The first-order valence-corrected chi connectivity index (χ1v) is 5.52. The van der Waals surface area contributed by atoms with Crippen molar-refractivity contribution in [1.29, 1.82) is 0 Å². The summed E-state index contributed by atoms with van der Waals surface area (Å²) in [5.74, 6) is 2.03. The summed E-state index contributed by atoms with van der Waals surface area (Å²) in [6, 6.07) is 0. The summed E-state index contributed by atoms with van der Waals surface area (Å²) in [6.45, 7) is 3.86.